The van der Waals surface area contributed by atoms with E-state index in [9.17, 15) is 40.5 Å². The number of carbonyl (C=O) groups excluding carboxylic acids is 1. The summed E-state index contributed by atoms with van der Waals surface area (Å²) in [5.74, 6) is -0.312. The van der Waals surface area contributed by atoms with Crippen LogP contribution in [0.5, 0.6) is 0 Å². The van der Waals surface area contributed by atoms with E-state index in [4.69, 9.17) is 28.4 Å². The van der Waals surface area contributed by atoms with Crippen LogP contribution in [-0.2, 0) is 38.0 Å². The van der Waals surface area contributed by atoms with Gasteiger partial charge in [0.2, 0.25) is 0 Å². The van der Waals surface area contributed by atoms with Gasteiger partial charge < -0.3 is 68.9 Å². The molecule has 3 aliphatic rings. The molecule has 0 aromatic carbocycles. The van der Waals surface area contributed by atoms with Crippen LogP contribution in [0, 0.1) is 0 Å². The zero-order valence-corrected chi connectivity index (χ0v) is 23.1. The molecular formula is C25H44O15. The number of hydrogen-bond acceptors (Lipinski definition) is 15. The first-order valence-corrected chi connectivity index (χ1v) is 13.6. The fourth-order valence-electron chi connectivity index (χ4n) is 4.82. The molecule has 40 heavy (non-hydrogen) atoms. The van der Waals surface area contributed by atoms with Gasteiger partial charge in [0, 0.05) is 13.0 Å². The van der Waals surface area contributed by atoms with Crippen LogP contribution in [0.4, 0.5) is 0 Å². The summed E-state index contributed by atoms with van der Waals surface area (Å²) in [5.41, 5.74) is 0. The van der Waals surface area contributed by atoms with Crippen molar-refractivity contribution in [1.29, 1.82) is 0 Å². The van der Waals surface area contributed by atoms with Gasteiger partial charge in [0.05, 0.1) is 25.4 Å². The highest BCUT2D eigenvalue weighted by atomic mass is 16.8. The molecule has 0 radical (unpaired) electrons. The molecule has 0 unspecified atom stereocenters. The smallest absolute Gasteiger partial charge is 0.305 e. The van der Waals surface area contributed by atoms with Crippen LogP contribution < -0.4 is 0 Å². The Morgan fingerprint density at radius 1 is 0.600 bits per heavy atom. The van der Waals surface area contributed by atoms with Gasteiger partial charge in [-0.05, 0) is 33.6 Å². The van der Waals surface area contributed by atoms with E-state index in [0.29, 0.717) is 19.3 Å². The number of carbonyl (C=O) groups is 1. The van der Waals surface area contributed by atoms with Crippen LogP contribution in [0.3, 0.4) is 0 Å². The zero-order valence-electron chi connectivity index (χ0n) is 23.1. The quantitative estimate of drug-likeness (QED) is 0.0967. The lowest BCUT2D eigenvalue weighted by Gasteiger charge is -2.48. The molecule has 0 spiro atoms. The van der Waals surface area contributed by atoms with Gasteiger partial charge >= 0.3 is 5.97 Å². The maximum atomic E-state index is 11.3. The van der Waals surface area contributed by atoms with Crippen molar-refractivity contribution in [2.24, 2.45) is 0 Å². The number of rotatable bonds is 11. The molecule has 3 heterocycles. The van der Waals surface area contributed by atoms with Crippen LogP contribution in [0.2, 0.25) is 0 Å². The fourth-order valence-corrected chi connectivity index (χ4v) is 4.82. The van der Waals surface area contributed by atoms with Gasteiger partial charge in [-0.2, -0.15) is 0 Å². The van der Waals surface area contributed by atoms with Gasteiger partial charge in [-0.3, -0.25) is 4.79 Å². The van der Waals surface area contributed by atoms with Crippen molar-refractivity contribution in [1.82, 2.24) is 0 Å². The van der Waals surface area contributed by atoms with E-state index in [2.05, 4.69) is 4.74 Å². The molecule has 3 aliphatic heterocycles. The number of ether oxygens (including phenoxy) is 7. The Morgan fingerprint density at radius 2 is 1.07 bits per heavy atom. The summed E-state index contributed by atoms with van der Waals surface area (Å²) in [5, 5.41) is 73.1. The lowest BCUT2D eigenvalue weighted by atomic mass is 9.97. The molecule has 0 aromatic rings. The van der Waals surface area contributed by atoms with Gasteiger partial charge in [0.25, 0.3) is 0 Å². The molecule has 15 atom stereocenters. The number of hydrogen-bond donors (Lipinski definition) is 7. The molecule has 15 nitrogen and oxygen atoms in total. The molecule has 234 valence electrons. The average Bonchev–Trinajstić information content (AvgIpc) is 2.93. The summed E-state index contributed by atoms with van der Waals surface area (Å²) in [4.78, 5) is 11.3. The molecule has 0 saturated carbocycles. The molecule has 7 N–H and O–H groups in total. The molecule has 0 bridgehead atoms. The molecule has 0 aliphatic carbocycles. The Bertz CT molecular complexity index is 787. The van der Waals surface area contributed by atoms with Crippen molar-refractivity contribution >= 4 is 5.97 Å². The maximum Gasteiger partial charge on any atom is 0.305 e. The first-order chi connectivity index (χ1) is 18.9. The summed E-state index contributed by atoms with van der Waals surface area (Å²) in [6, 6.07) is 0. The van der Waals surface area contributed by atoms with E-state index in [-0.39, 0.29) is 19.0 Å². The van der Waals surface area contributed by atoms with E-state index in [1.165, 1.54) is 21.0 Å². The van der Waals surface area contributed by atoms with E-state index in [1.54, 1.807) is 6.92 Å². The standard InChI is InChI=1S/C25H44O15/c1-10-14(27)17(30)20(33)23(36-10)39-22-19(32)16(29)12(3)38-25(22)40-21-18(31)15(28)11(2)37-24(21)35-9-7-5-6-8-13(26)34-4/h10-12,14-25,27-33H,5-9H2,1-4H3/t10-,11-,12-,14-,15-,16-,17+,18+,19+,20+,21+,22+,23-,24+,25-/m0/s1. The first kappa shape index (κ1) is 33.5. The minimum Gasteiger partial charge on any atom is -0.469 e. The minimum atomic E-state index is -1.71. The molecule has 0 aromatic heterocycles. The fraction of sp³-hybridized carbons (Fsp3) is 0.960. The normalized spacial score (nSPS) is 46.2. The Labute approximate surface area is 232 Å². The van der Waals surface area contributed by atoms with Crippen molar-refractivity contribution in [2.75, 3.05) is 13.7 Å². The number of unbranched alkanes of at least 4 members (excludes halogenated alkanes) is 2. The Balaban J connectivity index is 1.71. The van der Waals surface area contributed by atoms with E-state index in [0.717, 1.165) is 0 Å². The Kier molecular flexibility index (Phi) is 12.5. The number of aliphatic hydroxyl groups excluding tert-OH is 7. The third-order valence-electron chi connectivity index (χ3n) is 7.49. The monoisotopic (exact) mass is 584 g/mol. The number of aliphatic hydroxyl groups is 7. The molecule has 15 heteroatoms. The minimum absolute atomic E-state index is 0.171. The highest BCUT2D eigenvalue weighted by Crippen LogP contribution is 2.33. The molecule has 3 saturated heterocycles. The van der Waals surface area contributed by atoms with Crippen molar-refractivity contribution in [3.8, 4) is 0 Å². The van der Waals surface area contributed by atoms with Crippen LogP contribution in [-0.4, -0.2) is 148 Å². The second kappa shape index (κ2) is 14.9. The summed E-state index contributed by atoms with van der Waals surface area (Å²) >= 11 is 0. The van der Waals surface area contributed by atoms with Crippen LogP contribution in [0.1, 0.15) is 46.5 Å². The lowest BCUT2D eigenvalue weighted by molar-refractivity contribution is -0.388. The highest BCUT2D eigenvalue weighted by molar-refractivity contribution is 5.68. The SMILES string of the molecule is COC(=O)CCCCCO[C@@H]1O[C@@H](C)[C@H](O)[C@@H](O)[C@H]1O[C@@H]1O[C@@H](C)[C@H](O)[C@@H](O)[C@H]1O[C@@H]1O[C@@H](C)[C@H](O)[C@@H](O)[C@H]1O. The largest absolute Gasteiger partial charge is 0.469 e. The number of methoxy groups -OCH3 is 1. The molecule has 3 rings (SSSR count). The topological polar surface area (TPSA) is 223 Å². The lowest BCUT2D eigenvalue weighted by Crippen LogP contribution is -2.65. The van der Waals surface area contributed by atoms with Gasteiger partial charge in [0.15, 0.2) is 18.9 Å². The predicted molar refractivity (Wildman–Crippen MR) is 131 cm³/mol. The second-order valence-corrected chi connectivity index (χ2v) is 10.5. The van der Waals surface area contributed by atoms with Crippen molar-refractivity contribution in [2.45, 2.75) is 139 Å². The van der Waals surface area contributed by atoms with Crippen LogP contribution in [0.25, 0.3) is 0 Å². The van der Waals surface area contributed by atoms with Gasteiger partial charge in [-0.15, -0.1) is 0 Å². The van der Waals surface area contributed by atoms with Crippen LogP contribution in [0.15, 0.2) is 0 Å². The van der Waals surface area contributed by atoms with E-state index >= 15 is 0 Å². The van der Waals surface area contributed by atoms with Crippen molar-refractivity contribution < 1.29 is 73.7 Å². The predicted octanol–water partition coefficient (Wildman–Crippen LogP) is -2.73. The van der Waals surface area contributed by atoms with Crippen molar-refractivity contribution in [3.63, 3.8) is 0 Å². The molecule has 3 fully saturated rings. The van der Waals surface area contributed by atoms with Crippen LogP contribution >= 0.6 is 0 Å². The summed E-state index contributed by atoms with van der Waals surface area (Å²) in [7, 11) is 1.32. The van der Waals surface area contributed by atoms with Crippen molar-refractivity contribution in [3.05, 3.63) is 0 Å². The van der Waals surface area contributed by atoms with Gasteiger partial charge in [-0.25, -0.2) is 0 Å². The summed E-state index contributed by atoms with van der Waals surface area (Å²) in [6.07, 6.45) is -18.4. The third-order valence-corrected chi connectivity index (χ3v) is 7.49. The molecule has 0 amide bonds. The van der Waals surface area contributed by atoms with E-state index in [1.807, 2.05) is 0 Å². The Morgan fingerprint density at radius 3 is 1.65 bits per heavy atom. The zero-order chi connectivity index (χ0) is 29.7. The average molecular weight is 585 g/mol. The van der Waals surface area contributed by atoms with Gasteiger partial charge in [0.1, 0.15) is 54.9 Å². The molecular weight excluding hydrogens is 540 g/mol. The summed E-state index contributed by atoms with van der Waals surface area (Å²) in [6.45, 7) is 4.64. The Hall–Kier alpha value is -1.05. The third kappa shape index (κ3) is 7.86. The summed E-state index contributed by atoms with van der Waals surface area (Å²) < 4.78 is 39.0. The number of esters is 1. The first-order valence-electron chi connectivity index (χ1n) is 13.6. The van der Waals surface area contributed by atoms with E-state index < -0.39 is 92.1 Å². The highest BCUT2D eigenvalue weighted by Gasteiger charge is 2.52. The second-order valence-electron chi connectivity index (χ2n) is 10.5. The maximum absolute atomic E-state index is 11.3. The van der Waals surface area contributed by atoms with Gasteiger partial charge in [-0.1, -0.05) is 6.42 Å².